The van der Waals surface area contributed by atoms with Gasteiger partial charge in [-0.1, -0.05) is 18.2 Å². The van der Waals surface area contributed by atoms with Crippen LogP contribution in [0.15, 0.2) is 46.9 Å². The van der Waals surface area contributed by atoms with Gasteiger partial charge in [-0.25, -0.2) is 8.78 Å². The van der Waals surface area contributed by atoms with Crippen LogP contribution in [0.4, 0.5) is 8.78 Å². The lowest BCUT2D eigenvalue weighted by atomic mass is 10.1. The summed E-state index contributed by atoms with van der Waals surface area (Å²) in [6.45, 7) is 0.211. The third-order valence-electron chi connectivity index (χ3n) is 2.84. The summed E-state index contributed by atoms with van der Waals surface area (Å²) in [6, 6.07) is 10.5. The molecule has 2 rings (SSSR count). The van der Waals surface area contributed by atoms with E-state index >= 15 is 0 Å². The minimum absolute atomic E-state index is 0.0155. The van der Waals surface area contributed by atoms with Crippen molar-refractivity contribution < 1.29 is 13.6 Å². The van der Waals surface area contributed by atoms with Gasteiger partial charge in [0.15, 0.2) is 0 Å². The number of hydrogen-bond acceptors (Lipinski definition) is 1. The van der Waals surface area contributed by atoms with Crippen molar-refractivity contribution in [3.05, 3.63) is 69.7 Å². The Balaban J connectivity index is 2.19. The zero-order valence-electron chi connectivity index (χ0n) is 10.7. The van der Waals surface area contributed by atoms with Crippen molar-refractivity contribution in [3.63, 3.8) is 0 Å². The van der Waals surface area contributed by atoms with Gasteiger partial charge in [0, 0.05) is 13.6 Å². The first-order valence-corrected chi connectivity index (χ1v) is 6.72. The summed E-state index contributed by atoms with van der Waals surface area (Å²) in [7, 11) is 1.55. The first-order valence-electron chi connectivity index (χ1n) is 5.93. The van der Waals surface area contributed by atoms with Gasteiger partial charge < -0.3 is 4.90 Å². The fraction of sp³-hybridized carbons (Fsp3) is 0.133. The topological polar surface area (TPSA) is 20.3 Å². The Kier molecular flexibility index (Phi) is 4.49. The van der Waals surface area contributed by atoms with Gasteiger partial charge in [0.25, 0.3) is 5.91 Å². The van der Waals surface area contributed by atoms with Crippen LogP contribution in [-0.4, -0.2) is 17.9 Å². The van der Waals surface area contributed by atoms with E-state index < -0.39 is 11.7 Å². The van der Waals surface area contributed by atoms with E-state index in [1.165, 1.54) is 29.2 Å². The quantitative estimate of drug-likeness (QED) is 0.827. The Morgan fingerprint density at radius 2 is 1.90 bits per heavy atom. The molecular formula is C15H12BrF2NO. The third-order valence-corrected chi connectivity index (χ3v) is 3.45. The van der Waals surface area contributed by atoms with Crippen LogP contribution in [0.25, 0.3) is 0 Å². The van der Waals surface area contributed by atoms with E-state index in [0.717, 1.165) is 0 Å². The number of carbonyl (C=O) groups is 1. The van der Waals surface area contributed by atoms with Crippen molar-refractivity contribution in [2.45, 2.75) is 6.54 Å². The predicted octanol–water partition coefficient (Wildman–Crippen LogP) is 4.00. The summed E-state index contributed by atoms with van der Waals surface area (Å²) in [4.78, 5) is 13.5. The lowest BCUT2D eigenvalue weighted by molar-refractivity contribution is 0.0780. The normalized spacial score (nSPS) is 10.4. The summed E-state index contributed by atoms with van der Waals surface area (Å²) >= 11 is 3.04. The molecule has 0 N–H and O–H groups in total. The molecule has 0 aliphatic rings. The maximum atomic E-state index is 13.9. The van der Waals surface area contributed by atoms with E-state index in [2.05, 4.69) is 15.9 Å². The fourth-order valence-corrected chi connectivity index (χ4v) is 2.22. The number of benzene rings is 2. The standard InChI is InChI=1S/C15H12BrF2NO/c1-19(9-10-4-2-5-11(17)8-10)15(20)12-6-3-7-13(16)14(12)18/h2-8H,9H2,1H3. The van der Waals surface area contributed by atoms with Crippen LogP contribution in [0.5, 0.6) is 0 Å². The summed E-state index contributed by atoms with van der Waals surface area (Å²) in [5.41, 5.74) is 0.634. The second-order valence-corrected chi connectivity index (χ2v) is 5.25. The van der Waals surface area contributed by atoms with E-state index in [1.54, 1.807) is 25.2 Å². The van der Waals surface area contributed by atoms with E-state index in [9.17, 15) is 13.6 Å². The minimum atomic E-state index is -0.594. The van der Waals surface area contributed by atoms with E-state index in [0.29, 0.717) is 5.56 Å². The van der Waals surface area contributed by atoms with Crippen molar-refractivity contribution in [3.8, 4) is 0 Å². The highest BCUT2D eigenvalue weighted by molar-refractivity contribution is 9.10. The number of amides is 1. The van der Waals surface area contributed by atoms with Crippen LogP contribution < -0.4 is 0 Å². The van der Waals surface area contributed by atoms with E-state index in [1.807, 2.05) is 0 Å². The summed E-state index contributed by atoms with van der Waals surface area (Å²) in [5, 5.41) is 0. The Bertz CT molecular complexity index is 646. The number of carbonyl (C=O) groups excluding carboxylic acids is 1. The monoisotopic (exact) mass is 339 g/mol. The Hall–Kier alpha value is -1.75. The summed E-state index contributed by atoms with van der Waals surface area (Å²) in [6.07, 6.45) is 0. The maximum Gasteiger partial charge on any atom is 0.256 e. The molecule has 0 fully saturated rings. The molecule has 0 bridgehead atoms. The molecule has 2 aromatic rings. The van der Waals surface area contributed by atoms with Gasteiger partial charge in [-0.3, -0.25) is 4.79 Å². The van der Waals surface area contributed by atoms with Crippen molar-refractivity contribution in [1.29, 1.82) is 0 Å². The van der Waals surface area contributed by atoms with Crippen molar-refractivity contribution in [2.24, 2.45) is 0 Å². The maximum absolute atomic E-state index is 13.9. The lowest BCUT2D eigenvalue weighted by Crippen LogP contribution is -2.27. The molecule has 0 aliphatic carbocycles. The first kappa shape index (κ1) is 14.7. The molecule has 2 nitrogen and oxygen atoms in total. The zero-order valence-corrected chi connectivity index (χ0v) is 12.3. The molecule has 0 spiro atoms. The van der Waals surface area contributed by atoms with Gasteiger partial charge in [-0.15, -0.1) is 0 Å². The highest BCUT2D eigenvalue weighted by Gasteiger charge is 2.17. The molecule has 104 valence electrons. The Morgan fingerprint density at radius 3 is 2.60 bits per heavy atom. The number of rotatable bonds is 3. The van der Waals surface area contributed by atoms with Crippen molar-refractivity contribution in [1.82, 2.24) is 4.90 Å². The van der Waals surface area contributed by atoms with E-state index in [4.69, 9.17) is 0 Å². The van der Waals surface area contributed by atoms with Crippen LogP contribution in [0.1, 0.15) is 15.9 Å². The number of hydrogen-bond donors (Lipinski definition) is 0. The molecule has 0 radical (unpaired) electrons. The van der Waals surface area contributed by atoms with Gasteiger partial charge in [-0.2, -0.15) is 0 Å². The van der Waals surface area contributed by atoms with E-state index in [-0.39, 0.29) is 22.4 Å². The number of nitrogens with zero attached hydrogens (tertiary/aromatic N) is 1. The second kappa shape index (κ2) is 6.13. The van der Waals surface area contributed by atoms with Crippen LogP contribution in [0.2, 0.25) is 0 Å². The van der Waals surface area contributed by atoms with Crippen LogP contribution in [0.3, 0.4) is 0 Å². The lowest BCUT2D eigenvalue weighted by Gasteiger charge is -2.18. The first-order chi connectivity index (χ1) is 9.49. The van der Waals surface area contributed by atoms with Crippen LogP contribution in [0, 0.1) is 11.6 Å². The highest BCUT2D eigenvalue weighted by Crippen LogP contribution is 2.20. The summed E-state index contributed by atoms with van der Waals surface area (Å²) < 4.78 is 27.2. The highest BCUT2D eigenvalue weighted by atomic mass is 79.9. The van der Waals surface area contributed by atoms with Crippen molar-refractivity contribution in [2.75, 3.05) is 7.05 Å². The second-order valence-electron chi connectivity index (χ2n) is 4.39. The van der Waals surface area contributed by atoms with Gasteiger partial charge >= 0.3 is 0 Å². The number of halogens is 3. The van der Waals surface area contributed by atoms with Crippen LogP contribution >= 0.6 is 15.9 Å². The average molecular weight is 340 g/mol. The molecule has 0 aliphatic heterocycles. The average Bonchev–Trinajstić information content (AvgIpc) is 2.41. The van der Waals surface area contributed by atoms with Crippen LogP contribution in [-0.2, 0) is 6.54 Å². The summed E-state index contributed by atoms with van der Waals surface area (Å²) in [5.74, 6) is -1.41. The largest absolute Gasteiger partial charge is 0.337 e. The fourth-order valence-electron chi connectivity index (χ4n) is 1.86. The van der Waals surface area contributed by atoms with Gasteiger partial charge in [0.2, 0.25) is 0 Å². The molecule has 0 saturated carbocycles. The predicted molar refractivity (Wildman–Crippen MR) is 76.3 cm³/mol. The molecule has 0 aromatic heterocycles. The molecule has 0 unspecified atom stereocenters. The molecule has 2 aromatic carbocycles. The molecule has 0 saturated heterocycles. The van der Waals surface area contributed by atoms with Gasteiger partial charge in [0.1, 0.15) is 11.6 Å². The Morgan fingerprint density at radius 1 is 1.20 bits per heavy atom. The van der Waals surface area contributed by atoms with Gasteiger partial charge in [0.05, 0.1) is 10.0 Å². The SMILES string of the molecule is CN(Cc1cccc(F)c1)C(=O)c1cccc(Br)c1F. The zero-order chi connectivity index (χ0) is 14.7. The molecule has 0 heterocycles. The minimum Gasteiger partial charge on any atom is -0.337 e. The van der Waals surface area contributed by atoms with Crippen molar-refractivity contribution >= 4 is 21.8 Å². The molecular weight excluding hydrogens is 328 g/mol. The molecule has 5 heteroatoms. The Labute approximate surface area is 124 Å². The third kappa shape index (κ3) is 3.22. The molecule has 20 heavy (non-hydrogen) atoms. The smallest absolute Gasteiger partial charge is 0.256 e. The molecule has 0 atom stereocenters. The van der Waals surface area contributed by atoms with Gasteiger partial charge in [-0.05, 0) is 45.8 Å². The molecule has 1 amide bonds.